The fraction of sp³-hybridized carbons (Fsp3) is 0.143. The number of benzene rings is 1. The van der Waals surface area contributed by atoms with Gasteiger partial charge in [-0.2, -0.15) is 0 Å². The van der Waals surface area contributed by atoms with Crippen LogP contribution in [0.1, 0.15) is 12.0 Å². The number of alkyl halides is 2. The largest absolute Gasteiger partial charge is 0.324 e. The zero-order valence-electron chi connectivity index (χ0n) is 6.02. The second-order valence-electron chi connectivity index (χ2n) is 2.18. The highest BCUT2D eigenvalue weighted by atomic mass is 127. The van der Waals surface area contributed by atoms with Gasteiger partial charge in [-0.15, -0.1) is 0 Å². The van der Waals surface area contributed by atoms with Crippen molar-refractivity contribution in [1.82, 2.24) is 0 Å². The topological polar surface area (TPSA) is 38.0 Å². The van der Waals surface area contributed by atoms with E-state index in [4.69, 9.17) is 5.84 Å². The van der Waals surface area contributed by atoms with Gasteiger partial charge in [0.1, 0.15) is 0 Å². The Morgan fingerprint density at radius 1 is 1.42 bits per heavy atom. The van der Waals surface area contributed by atoms with E-state index in [1.54, 1.807) is 12.1 Å². The number of nitrogens with one attached hydrogen (secondary N) is 1. The van der Waals surface area contributed by atoms with E-state index in [9.17, 15) is 8.78 Å². The van der Waals surface area contributed by atoms with Gasteiger partial charge >= 0.3 is 0 Å². The van der Waals surface area contributed by atoms with Crippen molar-refractivity contribution in [3.8, 4) is 0 Å². The first-order valence-corrected chi connectivity index (χ1v) is 4.27. The maximum absolute atomic E-state index is 12.3. The lowest BCUT2D eigenvalue weighted by molar-refractivity contribution is 0.150. The summed E-state index contributed by atoms with van der Waals surface area (Å²) in [6.45, 7) is 0. The van der Waals surface area contributed by atoms with Gasteiger partial charge in [0.15, 0.2) is 0 Å². The van der Waals surface area contributed by atoms with E-state index in [0.717, 1.165) is 0 Å². The molecule has 2 nitrogen and oxygen atoms in total. The van der Waals surface area contributed by atoms with Crippen LogP contribution in [0.15, 0.2) is 18.2 Å². The predicted octanol–water partition coefficient (Wildman–Crippen LogP) is 2.51. The highest BCUT2D eigenvalue weighted by Gasteiger charge is 2.11. The maximum atomic E-state index is 12.3. The number of hydrogen-bond donors (Lipinski definition) is 2. The van der Waals surface area contributed by atoms with E-state index in [-0.39, 0.29) is 5.56 Å². The summed E-state index contributed by atoms with van der Waals surface area (Å²) in [6.07, 6.45) is -2.45. The lowest BCUT2D eigenvalue weighted by Gasteiger charge is -2.05. The highest BCUT2D eigenvalue weighted by molar-refractivity contribution is 14.1. The summed E-state index contributed by atoms with van der Waals surface area (Å²) in [6, 6.07) is 4.58. The first-order valence-electron chi connectivity index (χ1n) is 3.19. The molecule has 5 heteroatoms. The first-order chi connectivity index (χ1) is 5.65. The second-order valence-corrected chi connectivity index (χ2v) is 3.34. The van der Waals surface area contributed by atoms with Crippen molar-refractivity contribution in [3.05, 3.63) is 27.3 Å². The van der Waals surface area contributed by atoms with Gasteiger partial charge in [0.2, 0.25) is 0 Å². The molecule has 0 aliphatic carbocycles. The number of nitrogens with two attached hydrogens (primary N) is 1. The number of halogens is 3. The van der Waals surface area contributed by atoms with Gasteiger partial charge in [0, 0.05) is 14.8 Å². The Labute approximate surface area is 82.2 Å². The Balaban J connectivity index is 3.08. The van der Waals surface area contributed by atoms with Gasteiger partial charge in [-0.1, -0.05) is 0 Å². The molecule has 3 N–H and O–H groups in total. The van der Waals surface area contributed by atoms with E-state index in [1.807, 2.05) is 22.6 Å². The summed E-state index contributed by atoms with van der Waals surface area (Å²) in [5.41, 5.74) is 2.81. The molecule has 66 valence electrons. The molecule has 0 atom stereocenters. The van der Waals surface area contributed by atoms with Crippen LogP contribution in [0.25, 0.3) is 0 Å². The molecule has 0 unspecified atom stereocenters. The Morgan fingerprint density at radius 2 is 2.08 bits per heavy atom. The molecule has 12 heavy (non-hydrogen) atoms. The van der Waals surface area contributed by atoms with Crippen molar-refractivity contribution in [2.75, 3.05) is 5.43 Å². The molecule has 0 aliphatic heterocycles. The van der Waals surface area contributed by atoms with Crippen molar-refractivity contribution < 1.29 is 8.78 Å². The van der Waals surface area contributed by atoms with Crippen LogP contribution in [0.5, 0.6) is 0 Å². The average Bonchev–Trinajstić information content (AvgIpc) is 2.05. The standard InChI is InChI=1S/C7H7F2IN2/c8-7(9)5-3-4(12-11)1-2-6(5)10/h1-3,7,12H,11H2. The molecule has 0 saturated carbocycles. The molecule has 0 radical (unpaired) electrons. The molecule has 0 aliphatic rings. The predicted molar refractivity (Wildman–Crippen MR) is 51.9 cm³/mol. The van der Waals surface area contributed by atoms with Crippen LogP contribution in [0.4, 0.5) is 14.5 Å². The van der Waals surface area contributed by atoms with Gasteiger partial charge in [0.25, 0.3) is 6.43 Å². The van der Waals surface area contributed by atoms with Crippen LogP contribution in [-0.4, -0.2) is 0 Å². The van der Waals surface area contributed by atoms with Crippen LogP contribution < -0.4 is 11.3 Å². The minimum atomic E-state index is -2.45. The first kappa shape index (κ1) is 9.66. The number of hydrazine groups is 1. The molecular weight excluding hydrogens is 277 g/mol. The van der Waals surface area contributed by atoms with Gasteiger partial charge in [-0.05, 0) is 40.8 Å². The summed E-state index contributed by atoms with van der Waals surface area (Å²) in [4.78, 5) is 0. The van der Waals surface area contributed by atoms with Crippen LogP contribution >= 0.6 is 22.6 Å². The normalized spacial score (nSPS) is 10.4. The van der Waals surface area contributed by atoms with E-state index in [0.29, 0.717) is 9.26 Å². The van der Waals surface area contributed by atoms with Crippen LogP contribution in [0, 0.1) is 3.57 Å². The maximum Gasteiger partial charge on any atom is 0.264 e. The van der Waals surface area contributed by atoms with Gasteiger partial charge < -0.3 is 5.43 Å². The minimum Gasteiger partial charge on any atom is -0.324 e. The van der Waals surface area contributed by atoms with E-state index in [2.05, 4.69) is 5.43 Å². The molecule has 0 aromatic heterocycles. The van der Waals surface area contributed by atoms with Crippen LogP contribution in [0.2, 0.25) is 0 Å². The molecule has 1 aromatic rings. The van der Waals surface area contributed by atoms with E-state index in [1.165, 1.54) is 6.07 Å². The molecular formula is C7H7F2IN2. The molecule has 0 heterocycles. The summed E-state index contributed by atoms with van der Waals surface area (Å²) >= 11 is 1.86. The highest BCUT2D eigenvalue weighted by Crippen LogP contribution is 2.26. The molecule has 0 amide bonds. The number of rotatable bonds is 2. The molecule has 0 fully saturated rings. The van der Waals surface area contributed by atoms with E-state index >= 15 is 0 Å². The van der Waals surface area contributed by atoms with Crippen LogP contribution in [-0.2, 0) is 0 Å². The Kier molecular flexibility index (Phi) is 3.21. The number of hydrogen-bond acceptors (Lipinski definition) is 2. The fourth-order valence-corrected chi connectivity index (χ4v) is 1.37. The molecule has 0 bridgehead atoms. The third-order valence-corrected chi connectivity index (χ3v) is 2.38. The lowest BCUT2D eigenvalue weighted by atomic mass is 10.2. The van der Waals surface area contributed by atoms with Crippen molar-refractivity contribution in [2.45, 2.75) is 6.43 Å². The molecule has 0 spiro atoms. The molecule has 1 aromatic carbocycles. The summed E-state index contributed by atoms with van der Waals surface area (Å²) in [5, 5.41) is 0. The summed E-state index contributed by atoms with van der Waals surface area (Å²) in [7, 11) is 0. The van der Waals surface area contributed by atoms with Gasteiger partial charge in [-0.3, -0.25) is 5.84 Å². The lowest BCUT2D eigenvalue weighted by Crippen LogP contribution is -2.07. The number of nitrogen functional groups attached to an aromatic ring is 1. The zero-order valence-corrected chi connectivity index (χ0v) is 8.18. The van der Waals surface area contributed by atoms with Crippen molar-refractivity contribution in [1.29, 1.82) is 0 Å². The average molecular weight is 284 g/mol. The smallest absolute Gasteiger partial charge is 0.264 e. The Bertz CT molecular complexity index is 278. The molecule has 0 saturated heterocycles. The number of anilines is 1. The van der Waals surface area contributed by atoms with E-state index < -0.39 is 6.43 Å². The fourth-order valence-electron chi connectivity index (χ4n) is 0.801. The third kappa shape index (κ3) is 2.04. The Hall–Kier alpha value is -0.430. The van der Waals surface area contributed by atoms with Gasteiger partial charge in [-0.25, -0.2) is 8.78 Å². The van der Waals surface area contributed by atoms with Crippen molar-refractivity contribution >= 4 is 28.3 Å². The SMILES string of the molecule is NNc1ccc(I)c(C(F)F)c1. The monoisotopic (exact) mass is 284 g/mol. The van der Waals surface area contributed by atoms with Crippen LogP contribution in [0.3, 0.4) is 0 Å². The third-order valence-electron chi connectivity index (χ3n) is 1.40. The zero-order chi connectivity index (χ0) is 9.14. The van der Waals surface area contributed by atoms with Crippen molar-refractivity contribution in [3.63, 3.8) is 0 Å². The summed E-state index contributed by atoms with van der Waals surface area (Å²) < 4.78 is 25.1. The van der Waals surface area contributed by atoms with Gasteiger partial charge in [0.05, 0.1) is 0 Å². The second kappa shape index (κ2) is 3.99. The minimum absolute atomic E-state index is 0.00560. The quantitative estimate of drug-likeness (QED) is 0.497. The summed E-state index contributed by atoms with van der Waals surface area (Å²) in [5.74, 6) is 5.07. The van der Waals surface area contributed by atoms with Crippen molar-refractivity contribution in [2.24, 2.45) is 5.84 Å². The Morgan fingerprint density at radius 3 is 2.58 bits per heavy atom. The molecule has 1 rings (SSSR count).